The number of nitrogens with zero attached hydrogens (tertiary/aromatic N) is 3. The molecular weight excluding hydrogens is 484 g/mol. The molecule has 4 aromatic rings. The molecule has 0 saturated carbocycles. The SMILES string of the molecule is COc1ccc2ccc(S(N)(=O)=O)c([C@@H]3CCN(Cc4cc5c(Cl)ncnc5s4)C3=O)c2c1. The number of primary sulfonamides is 1. The minimum Gasteiger partial charge on any atom is -0.497 e. The molecule has 0 bridgehead atoms. The third kappa shape index (κ3) is 3.93. The normalized spacial score (nSPS) is 16.8. The van der Waals surface area contributed by atoms with Crippen LogP contribution in [0.4, 0.5) is 0 Å². The van der Waals surface area contributed by atoms with Crippen LogP contribution in [0, 0.1) is 0 Å². The number of rotatable bonds is 5. The maximum absolute atomic E-state index is 13.5. The van der Waals surface area contributed by atoms with Crippen molar-refractivity contribution < 1.29 is 17.9 Å². The van der Waals surface area contributed by atoms with Crippen molar-refractivity contribution in [1.82, 2.24) is 14.9 Å². The van der Waals surface area contributed by atoms with Crippen molar-refractivity contribution in [2.45, 2.75) is 23.8 Å². The summed E-state index contributed by atoms with van der Waals surface area (Å²) in [6.45, 7) is 0.868. The number of carbonyl (C=O) groups excluding carboxylic acids is 1. The van der Waals surface area contributed by atoms with Gasteiger partial charge in [0.1, 0.15) is 22.1 Å². The van der Waals surface area contributed by atoms with Gasteiger partial charge >= 0.3 is 0 Å². The zero-order chi connectivity index (χ0) is 23.3. The van der Waals surface area contributed by atoms with Crippen LogP contribution < -0.4 is 9.88 Å². The highest BCUT2D eigenvalue weighted by atomic mass is 35.5. The number of halogens is 1. The topological polar surface area (TPSA) is 115 Å². The van der Waals surface area contributed by atoms with E-state index in [-0.39, 0.29) is 10.8 Å². The fraction of sp³-hybridized carbons (Fsp3) is 0.227. The van der Waals surface area contributed by atoms with E-state index >= 15 is 0 Å². The molecule has 3 heterocycles. The number of ether oxygens (including phenoxy) is 1. The summed E-state index contributed by atoms with van der Waals surface area (Å²) in [5.41, 5.74) is 0.423. The van der Waals surface area contributed by atoms with E-state index in [0.29, 0.717) is 41.4 Å². The van der Waals surface area contributed by atoms with Gasteiger partial charge in [-0.25, -0.2) is 23.5 Å². The quantitative estimate of drug-likeness (QED) is 0.416. The van der Waals surface area contributed by atoms with Crippen LogP contribution in [0.25, 0.3) is 21.0 Å². The van der Waals surface area contributed by atoms with Crippen LogP contribution in [0.15, 0.2) is 47.6 Å². The van der Waals surface area contributed by atoms with Gasteiger partial charge in [0, 0.05) is 16.8 Å². The van der Waals surface area contributed by atoms with Gasteiger partial charge in [-0.3, -0.25) is 4.79 Å². The number of aromatic nitrogens is 2. The number of nitrogens with two attached hydrogens (primary N) is 1. The fourth-order valence-electron chi connectivity index (χ4n) is 4.34. The Bertz CT molecular complexity index is 1520. The number of carbonyl (C=O) groups is 1. The second kappa shape index (κ2) is 8.21. The molecule has 1 fully saturated rings. The van der Waals surface area contributed by atoms with Crippen molar-refractivity contribution in [1.29, 1.82) is 0 Å². The van der Waals surface area contributed by atoms with Gasteiger partial charge < -0.3 is 9.64 Å². The standard InChI is InChI=1S/C22H19ClN4O4S2/c1-31-13-4-2-12-3-5-18(33(24,29)30)19(16(12)8-13)15-6-7-27(22(15)28)10-14-9-17-20(23)25-11-26-21(17)32-14/h2-5,8-9,11,15H,6-7,10H2,1H3,(H2,24,29,30)/t15-/m0/s1. The highest BCUT2D eigenvalue weighted by Gasteiger charge is 2.37. The average molecular weight is 503 g/mol. The summed E-state index contributed by atoms with van der Waals surface area (Å²) in [7, 11) is -2.51. The van der Waals surface area contributed by atoms with Crippen molar-refractivity contribution in [3.63, 3.8) is 0 Å². The van der Waals surface area contributed by atoms with E-state index in [1.165, 1.54) is 30.8 Å². The lowest BCUT2D eigenvalue weighted by atomic mass is 9.92. The van der Waals surface area contributed by atoms with Crippen LogP contribution in [-0.4, -0.2) is 42.8 Å². The number of amides is 1. The van der Waals surface area contributed by atoms with Crippen LogP contribution in [0.1, 0.15) is 22.8 Å². The summed E-state index contributed by atoms with van der Waals surface area (Å²) in [6, 6.07) is 10.4. The molecule has 33 heavy (non-hydrogen) atoms. The van der Waals surface area contributed by atoms with E-state index in [0.717, 1.165) is 20.5 Å². The van der Waals surface area contributed by atoms with Crippen molar-refractivity contribution >= 4 is 59.9 Å². The summed E-state index contributed by atoms with van der Waals surface area (Å²) < 4.78 is 30.2. The number of fused-ring (bicyclic) bond motifs is 2. The van der Waals surface area contributed by atoms with Gasteiger partial charge in [0.25, 0.3) is 0 Å². The van der Waals surface area contributed by atoms with Crippen molar-refractivity contribution in [3.05, 3.63) is 58.3 Å². The molecule has 1 saturated heterocycles. The van der Waals surface area contributed by atoms with Gasteiger partial charge in [-0.05, 0) is 47.0 Å². The van der Waals surface area contributed by atoms with Crippen molar-refractivity contribution in [2.75, 3.05) is 13.7 Å². The minimum atomic E-state index is -4.04. The van der Waals surface area contributed by atoms with E-state index < -0.39 is 15.9 Å². The Hall–Kier alpha value is -2.79. The van der Waals surface area contributed by atoms with E-state index in [4.69, 9.17) is 21.5 Å². The monoisotopic (exact) mass is 502 g/mol. The van der Waals surface area contributed by atoms with Crippen LogP contribution >= 0.6 is 22.9 Å². The highest BCUT2D eigenvalue weighted by Crippen LogP contribution is 2.40. The molecule has 170 valence electrons. The van der Waals surface area contributed by atoms with Crippen molar-refractivity contribution in [2.24, 2.45) is 5.14 Å². The van der Waals surface area contributed by atoms with E-state index in [1.807, 2.05) is 12.1 Å². The molecule has 1 aliphatic rings. The fourth-order valence-corrected chi connectivity index (χ4v) is 6.41. The maximum atomic E-state index is 13.5. The molecule has 0 unspecified atom stereocenters. The number of likely N-dealkylation sites (tertiary alicyclic amines) is 1. The summed E-state index contributed by atoms with van der Waals surface area (Å²) in [4.78, 5) is 25.1. The van der Waals surface area contributed by atoms with Gasteiger partial charge in [0.2, 0.25) is 15.9 Å². The predicted molar refractivity (Wildman–Crippen MR) is 127 cm³/mol. The largest absolute Gasteiger partial charge is 0.497 e. The van der Waals surface area contributed by atoms with Crippen LogP contribution in [-0.2, 0) is 21.4 Å². The summed E-state index contributed by atoms with van der Waals surface area (Å²) in [5.74, 6) is -0.211. The predicted octanol–water partition coefficient (Wildman–Crippen LogP) is 3.67. The Morgan fingerprint density at radius 1 is 1.21 bits per heavy atom. The summed E-state index contributed by atoms with van der Waals surface area (Å²) in [5, 5.41) is 8.11. The summed E-state index contributed by atoms with van der Waals surface area (Å²) >= 11 is 7.61. The van der Waals surface area contributed by atoms with E-state index in [1.54, 1.807) is 23.1 Å². The number of hydrogen-bond donors (Lipinski definition) is 1. The van der Waals surface area contributed by atoms with E-state index in [2.05, 4.69) is 9.97 Å². The number of sulfonamides is 1. The second-order valence-corrected chi connectivity index (χ2v) is 10.8. The lowest BCUT2D eigenvalue weighted by Crippen LogP contribution is -2.27. The molecule has 0 spiro atoms. The molecule has 0 radical (unpaired) electrons. The van der Waals surface area contributed by atoms with Gasteiger partial charge in [-0.15, -0.1) is 11.3 Å². The second-order valence-electron chi connectivity index (χ2n) is 7.81. The molecule has 2 aromatic carbocycles. The van der Waals surface area contributed by atoms with Crippen molar-refractivity contribution in [3.8, 4) is 5.75 Å². The molecule has 2 N–H and O–H groups in total. The first-order valence-electron chi connectivity index (χ1n) is 10.1. The number of hydrogen-bond acceptors (Lipinski definition) is 7. The van der Waals surface area contributed by atoms with E-state index in [9.17, 15) is 13.2 Å². The number of benzene rings is 2. The first-order chi connectivity index (χ1) is 15.8. The van der Waals surface area contributed by atoms with Gasteiger partial charge in [-0.2, -0.15) is 0 Å². The van der Waals surface area contributed by atoms with Crippen LogP contribution in [0.3, 0.4) is 0 Å². The smallest absolute Gasteiger partial charge is 0.238 e. The molecule has 8 nitrogen and oxygen atoms in total. The molecule has 1 atom stereocenters. The Labute approximate surface area is 199 Å². The van der Waals surface area contributed by atoms with Gasteiger partial charge in [0.15, 0.2) is 0 Å². The Balaban J connectivity index is 1.55. The molecule has 2 aromatic heterocycles. The molecular formula is C22H19ClN4O4S2. The summed E-state index contributed by atoms with van der Waals surface area (Å²) in [6.07, 6.45) is 1.88. The molecule has 0 aliphatic carbocycles. The Kier molecular flexibility index (Phi) is 5.48. The Morgan fingerprint density at radius 2 is 2.00 bits per heavy atom. The Morgan fingerprint density at radius 3 is 2.73 bits per heavy atom. The zero-order valence-corrected chi connectivity index (χ0v) is 19.9. The zero-order valence-electron chi connectivity index (χ0n) is 17.5. The number of thiophene rings is 1. The average Bonchev–Trinajstić information content (AvgIpc) is 3.36. The third-order valence-electron chi connectivity index (χ3n) is 5.86. The molecule has 1 amide bonds. The first-order valence-corrected chi connectivity index (χ1v) is 12.8. The highest BCUT2D eigenvalue weighted by molar-refractivity contribution is 7.89. The maximum Gasteiger partial charge on any atom is 0.238 e. The van der Waals surface area contributed by atoms with Gasteiger partial charge in [0.05, 0.1) is 24.5 Å². The molecule has 11 heteroatoms. The molecule has 1 aliphatic heterocycles. The lowest BCUT2D eigenvalue weighted by molar-refractivity contribution is -0.129. The van der Waals surface area contributed by atoms with Gasteiger partial charge in [-0.1, -0.05) is 23.7 Å². The lowest BCUT2D eigenvalue weighted by Gasteiger charge is -2.19. The van der Waals surface area contributed by atoms with Crippen LogP contribution in [0.2, 0.25) is 5.15 Å². The van der Waals surface area contributed by atoms with Crippen LogP contribution in [0.5, 0.6) is 5.75 Å². The molecule has 5 rings (SSSR count). The first kappa shape index (κ1) is 22.0. The number of methoxy groups -OCH3 is 1. The minimum absolute atomic E-state index is 0.0348. The third-order valence-corrected chi connectivity index (χ3v) is 8.16.